The molecule has 0 aliphatic heterocycles. The molecular formula is C10H7FN2O. The maximum atomic E-state index is 12.9. The number of primary amides is 1. The molecule has 1 heterocycles. The third-order valence-corrected chi connectivity index (χ3v) is 1.96. The van der Waals surface area contributed by atoms with Crippen LogP contribution in [-0.4, -0.2) is 10.9 Å². The minimum absolute atomic E-state index is 0.287. The molecule has 0 spiro atoms. The zero-order chi connectivity index (χ0) is 10.1. The molecule has 0 aliphatic rings. The van der Waals surface area contributed by atoms with Crippen LogP contribution in [0.1, 0.15) is 10.4 Å². The van der Waals surface area contributed by atoms with Crippen LogP contribution >= 0.6 is 0 Å². The number of nitrogens with two attached hydrogens (primary N) is 1. The molecule has 0 atom stereocenters. The first-order valence-corrected chi connectivity index (χ1v) is 4.02. The van der Waals surface area contributed by atoms with Gasteiger partial charge in [0.1, 0.15) is 5.82 Å². The molecule has 4 heteroatoms. The molecular weight excluding hydrogens is 183 g/mol. The Bertz CT molecular complexity index is 510. The number of carbonyl (C=O) groups excluding carboxylic acids is 1. The number of carbonyl (C=O) groups is 1. The van der Waals surface area contributed by atoms with Crippen LogP contribution in [0.4, 0.5) is 4.39 Å². The largest absolute Gasteiger partial charge is 0.366 e. The van der Waals surface area contributed by atoms with Gasteiger partial charge in [0.15, 0.2) is 0 Å². The van der Waals surface area contributed by atoms with Gasteiger partial charge in [-0.3, -0.25) is 9.78 Å². The van der Waals surface area contributed by atoms with Crippen molar-refractivity contribution in [3.63, 3.8) is 0 Å². The molecule has 1 aromatic carbocycles. The molecule has 70 valence electrons. The van der Waals surface area contributed by atoms with Crippen molar-refractivity contribution >= 4 is 16.8 Å². The summed E-state index contributed by atoms with van der Waals surface area (Å²) < 4.78 is 12.9. The van der Waals surface area contributed by atoms with Gasteiger partial charge in [-0.2, -0.15) is 0 Å². The summed E-state index contributed by atoms with van der Waals surface area (Å²) in [6.45, 7) is 0. The van der Waals surface area contributed by atoms with Gasteiger partial charge >= 0.3 is 0 Å². The lowest BCUT2D eigenvalue weighted by Gasteiger charge is -2.01. The molecule has 2 aromatic rings. The van der Waals surface area contributed by atoms with Crippen LogP contribution in [0.3, 0.4) is 0 Å². The van der Waals surface area contributed by atoms with Crippen LogP contribution in [-0.2, 0) is 0 Å². The minimum Gasteiger partial charge on any atom is -0.366 e. The fraction of sp³-hybridized carbons (Fsp3) is 0. The third kappa shape index (κ3) is 1.31. The molecule has 0 saturated heterocycles. The van der Waals surface area contributed by atoms with Gasteiger partial charge < -0.3 is 5.73 Å². The van der Waals surface area contributed by atoms with Crippen LogP contribution < -0.4 is 5.73 Å². The number of benzene rings is 1. The van der Waals surface area contributed by atoms with E-state index in [1.165, 1.54) is 6.07 Å². The number of hydrogen-bond donors (Lipinski definition) is 1. The van der Waals surface area contributed by atoms with Gasteiger partial charge in [0.2, 0.25) is 5.91 Å². The predicted molar refractivity (Wildman–Crippen MR) is 50.2 cm³/mol. The lowest BCUT2D eigenvalue weighted by Crippen LogP contribution is -2.11. The summed E-state index contributed by atoms with van der Waals surface area (Å²) in [5.74, 6) is -1.06. The van der Waals surface area contributed by atoms with E-state index in [9.17, 15) is 9.18 Å². The summed E-state index contributed by atoms with van der Waals surface area (Å²) in [5, 5.41) is 0.444. The summed E-state index contributed by atoms with van der Waals surface area (Å²) in [4.78, 5) is 14.8. The van der Waals surface area contributed by atoms with E-state index in [0.29, 0.717) is 10.9 Å². The molecule has 0 unspecified atom stereocenters. The van der Waals surface area contributed by atoms with E-state index < -0.39 is 11.7 Å². The van der Waals surface area contributed by atoms with E-state index in [1.807, 2.05) is 0 Å². The Morgan fingerprint density at radius 2 is 2.21 bits per heavy atom. The fourth-order valence-electron chi connectivity index (χ4n) is 1.34. The topological polar surface area (TPSA) is 56.0 Å². The molecule has 0 radical (unpaired) electrons. The van der Waals surface area contributed by atoms with E-state index in [-0.39, 0.29) is 5.56 Å². The number of amides is 1. The number of aromatic nitrogens is 1. The van der Waals surface area contributed by atoms with E-state index in [1.54, 1.807) is 18.2 Å². The highest BCUT2D eigenvalue weighted by Gasteiger charge is 2.07. The average Bonchev–Trinajstić information content (AvgIpc) is 2.16. The highest BCUT2D eigenvalue weighted by molar-refractivity contribution is 6.05. The van der Waals surface area contributed by atoms with E-state index in [4.69, 9.17) is 5.73 Å². The predicted octanol–water partition coefficient (Wildman–Crippen LogP) is 1.47. The van der Waals surface area contributed by atoms with E-state index in [2.05, 4.69) is 4.98 Å². The minimum atomic E-state index is -0.581. The van der Waals surface area contributed by atoms with E-state index >= 15 is 0 Å². The molecule has 3 nitrogen and oxygen atoms in total. The summed E-state index contributed by atoms with van der Waals surface area (Å²) in [6, 6.07) is 6.16. The molecule has 1 amide bonds. The number of hydrogen-bond acceptors (Lipinski definition) is 2. The standard InChI is InChI=1S/C10H7FN2O/c11-6-4-8-7(10(12)14)2-1-3-9(8)13-5-6/h1-5H,(H2,12,14). The lowest BCUT2D eigenvalue weighted by atomic mass is 10.1. The Kier molecular flexibility index (Phi) is 1.89. The van der Waals surface area contributed by atoms with Gasteiger partial charge in [-0.25, -0.2) is 4.39 Å². The SMILES string of the molecule is NC(=O)c1cccc2ncc(F)cc12. The number of rotatable bonds is 1. The first kappa shape index (κ1) is 8.62. The Morgan fingerprint density at radius 3 is 2.93 bits per heavy atom. The Hall–Kier alpha value is -1.97. The number of pyridine rings is 1. The van der Waals surface area contributed by atoms with Crippen molar-refractivity contribution in [3.05, 3.63) is 41.8 Å². The zero-order valence-corrected chi connectivity index (χ0v) is 7.20. The molecule has 0 aliphatic carbocycles. The van der Waals surface area contributed by atoms with Crippen molar-refractivity contribution < 1.29 is 9.18 Å². The molecule has 2 N–H and O–H groups in total. The van der Waals surface area contributed by atoms with Crippen molar-refractivity contribution in [2.24, 2.45) is 5.73 Å². The monoisotopic (exact) mass is 190 g/mol. The average molecular weight is 190 g/mol. The van der Waals surface area contributed by atoms with E-state index in [0.717, 1.165) is 6.20 Å². The van der Waals surface area contributed by atoms with Crippen molar-refractivity contribution in [2.75, 3.05) is 0 Å². The second-order valence-electron chi connectivity index (χ2n) is 2.89. The van der Waals surface area contributed by atoms with Crippen LogP contribution in [0.15, 0.2) is 30.5 Å². The molecule has 2 rings (SSSR count). The number of nitrogens with zero attached hydrogens (tertiary/aromatic N) is 1. The second-order valence-corrected chi connectivity index (χ2v) is 2.89. The smallest absolute Gasteiger partial charge is 0.249 e. The van der Waals surface area contributed by atoms with Gasteiger partial charge in [-0.1, -0.05) is 6.07 Å². The van der Waals surface area contributed by atoms with Crippen molar-refractivity contribution in [1.82, 2.24) is 4.98 Å². The van der Waals surface area contributed by atoms with Gasteiger partial charge in [0.25, 0.3) is 0 Å². The van der Waals surface area contributed by atoms with Crippen LogP contribution in [0.25, 0.3) is 10.9 Å². The first-order valence-electron chi connectivity index (χ1n) is 4.02. The summed E-state index contributed by atoms with van der Waals surface area (Å²) in [7, 11) is 0. The second kappa shape index (κ2) is 3.06. The summed E-state index contributed by atoms with van der Waals surface area (Å²) >= 11 is 0. The van der Waals surface area contributed by atoms with Crippen molar-refractivity contribution in [3.8, 4) is 0 Å². The normalized spacial score (nSPS) is 10.4. The van der Waals surface area contributed by atoms with Crippen LogP contribution in [0.2, 0.25) is 0 Å². The summed E-state index contributed by atoms with van der Waals surface area (Å²) in [5.41, 5.74) is 5.99. The highest BCUT2D eigenvalue weighted by Crippen LogP contribution is 2.17. The zero-order valence-electron chi connectivity index (χ0n) is 7.20. The van der Waals surface area contributed by atoms with Gasteiger partial charge in [-0.15, -0.1) is 0 Å². The molecule has 0 bridgehead atoms. The summed E-state index contributed by atoms with van der Waals surface area (Å²) in [6.07, 6.45) is 1.10. The quantitative estimate of drug-likeness (QED) is 0.740. The Morgan fingerprint density at radius 1 is 1.43 bits per heavy atom. The number of halogens is 1. The van der Waals surface area contributed by atoms with Gasteiger partial charge in [-0.05, 0) is 18.2 Å². The molecule has 14 heavy (non-hydrogen) atoms. The van der Waals surface area contributed by atoms with Crippen LogP contribution in [0.5, 0.6) is 0 Å². The van der Waals surface area contributed by atoms with Crippen molar-refractivity contribution in [2.45, 2.75) is 0 Å². The maximum Gasteiger partial charge on any atom is 0.249 e. The highest BCUT2D eigenvalue weighted by atomic mass is 19.1. The van der Waals surface area contributed by atoms with Gasteiger partial charge in [0.05, 0.1) is 11.7 Å². The molecule has 0 fully saturated rings. The number of fused-ring (bicyclic) bond motifs is 1. The fourth-order valence-corrected chi connectivity index (χ4v) is 1.34. The molecule has 1 aromatic heterocycles. The lowest BCUT2D eigenvalue weighted by molar-refractivity contribution is 0.100. The maximum absolute atomic E-state index is 12.9. The van der Waals surface area contributed by atoms with Gasteiger partial charge in [0, 0.05) is 10.9 Å². The molecule has 0 saturated carbocycles. The first-order chi connectivity index (χ1) is 6.68. The Balaban J connectivity index is 2.84. The van der Waals surface area contributed by atoms with Crippen molar-refractivity contribution in [1.29, 1.82) is 0 Å². The Labute approximate surface area is 79.4 Å². The third-order valence-electron chi connectivity index (χ3n) is 1.96. The van der Waals surface area contributed by atoms with Crippen LogP contribution in [0, 0.1) is 5.82 Å².